The lowest BCUT2D eigenvalue weighted by atomic mass is 9.95. The number of nitro benzene ring substituents is 1. The largest absolute Gasteiger partial charge is 0.507 e. The topological polar surface area (TPSA) is 135 Å². The molecule has 1 unspecified atom stereocenters. The second-order valence-electron chi connectivity index (χ2n) is 9.05. The van der Waals surface area contributed by atoms with Gasteiger partial charge in [-0.1, -0.05) is 12.1 Å². The van der Waals surface area contributed by atoms with Gasteiger partial charge < -0.3 is 24.5 Å². The summed E-state index contributed by atoms with van der Waals surface area (Å²) in [7, 11) is 3.08. The van der Waals surface area contributed by atoms with Crippen LogP contribution in [0.3, 0.4) is 0 Å². The molecular weight excluding hydrogens is 502 g/mol. The van der Waals surface area contributed by atoms with Gasteiger partial charge in [-0.15, -0.1) is 0 Å². The quantitative estimate of drug-likeness (QED) is 0.111. The van der Waals surface area contributed by atoms with Gasteiger partial charge in [-0.3, -0.25) is 19.7 Å². The van der Waals surface area contributed by atoms with Gasteiger partial charge in [0, 0.05) is 41.3 Å². The van der Waals surface area contributed by atoms with Crippen LogP contribution >= 0.6 is 0 Å². The zero-order valence-electron chi connectivity index (χ0n) is 21.2. The molecule has 2 N–H and O–H groups in total. The lowest BCUT2D eigenvalue weighted by Gasteiger charge is -2.25. The van der Waals surface area contributed by atoms with Crippen molar-refractivity contribution in [1.29, 1.82) is 0 Å². The maximum Gasteiger partial charge on any atom is 0.295 e. The Bertz CT molecular complexity index is 1620. The molecule has 1 aromatic heterocycles. The molecule has 3 aromatic carbocycles. The Morgan fingerprint density at radius 3 is 2.44 bits per heavy atom. The average molecular weight is 528 g/mol. The van der Waals surface area contributed by atoms with E-state index >= 15 is 0 Å². The molecule has 0 aliphatic carbocycles. The van der Waals surface area contributed by atoms with Crippen LogP contribution in [0.25, 0.3) is 16.7 Å². The van der Waals surface area contributed by atoms with Crippen LogP contribution in [0, 0.1) is 10.1 Å². The van der Waals surface area contributed by atoms with Crippen molar-refractivity contribution in [2.24, 2.45) is 0 Å². The van der Waals surface area contributed by atoms with Crippen LogP contribution < -0.4 is 9.47 Å². The molecule has 0 bridgehead atoms. The number of Topliss-reactive ketones (excluding diaryl/α,β-unsaturated/α-hetero) is 1. The first-order valence-corrected chi connectivity index (χ1v) is 12.1. The first-order valence-electron chi connectivity index (χ1n) is 12.1. The molecule has 0 saturated carbocycles. The summed E-state index contributed by atoms with van der Waals surface area (Å²) in [5.41, 5.74) is 2.13. The Morgan fingerprint density at radius 2 is 1.74 bits per heavy atom. The normalized spacial score (nSPS) is 16.6. The van der Waals surface area contributed by atoms with E-state index in [9.17, 15) is 24.8 Å². The van der Waals surface area contributed by atoms with Gasteiger partial charge in [0.2, 0.25) is 0 Å². The van der Waals surface area contributed by atoms with Gasteiger partial charge in [0.1, 0.15) is 17.3 Å². The van der Waals surface area contributed by atoms with Crippen molar-refractivity contribution in [2.75, 3.05) is 20.8 Å². The number of hydrogen-bond donors (Lipinski definition) is 2. The number of ketones is 1. The van der Waals surface area contributed by atoms with Crippen LogP contribution in [0.15, 0.2) is 78.5 Å². The molecule has 1 atom stereocenters. The van der Waals surface area contributed by atoms with Crippen molar-refractivity contribution >= 4 is 34.0 Å². The molecular formula is C29H25N3O7. The van der Waals surface area contributed by atoms with E-state index in [1.807, 2.05) is 24.4 Å². The lowest BCUT2D eigenvalue weighted by molar-refractivity contribution is -0.384. The van der Waals surface area contributed by atoms with Gasteiger partial charge in [0.15, 0.2) is 0 Å². The van der Waals surface area contributed by atoms with E-state index in [4.69, 9.17) is 9.47 Å². The maximum atomic E-state index is 13.3. The number of benzene rings is 3. The van der Waals surface area contributed by atoms with Crippen molar-refractivity contribution < 1.29 is 29.1 Å². The number of aromatic amines is 1. The van der Waals surface area contributed by atoms with E-state index < -0.39 is 22.7 Å². The summed E-state index contributed by atoms with van der Waals surface area (Å²) >= 11 is 0. The third-order valence-electron chi connectivity index (χ3n) is 6.90. The molecule has 1 fully saturated rings. The molecule has 1 aliphatic heterocycles. The molecule has 1 saturated heterocycles. The first kappa shape index (κ1) is 25.5. The number of aromatic nitrogens is 1. The van der Waals surface area contributed by atoms with Crippen molar-refractivity contribution in [1.82, 2.24) is 9.88 Å². The van der Waals surface area contributed by atoms with E-state index in [-0.39, 0.29) is 23.6 Å². The highest BCUT2D eigenvalue weighted by Gasteiger charge is 2.46. The second-order valence-corrected chi connectivity index (χ2v) is 9.05. The van der Waals surface area contributed by atoms with Crippen molar-refractivity contribution in [3.8, 4) is 11.5 Å². The molecule has 10 nitrogen and oxygen atoms in total. The highest BCUT2D eigenvalue weighted by molar-refractivity contribution is 6.46. The Kier molecular flexibility index (Phi) is 6.76. The Hall–Kier alpha value is -5.12. The van der Waals surface area contributed by atoms with Gasteiger partial charge in [-0.05, 0) is 60.0 Å². The fraction of sp³-hybridized carbons (Fsp3) is 0.172. The molecule has 4 aromatic rings. The third kappa shape index (κ3) is 4.68. The summed E-state index contributed by atoms with van der Waals surface area (Å²) < 4.78 is 10.5. The van der Waals surface area contributed by atoms with E-state index in [1.165, 1.54) is 30.2 Å². The van der Waals surface area contributed by atoms with Crippen LogP contribution in [-0.4, -0.2) is 52.4 Å². The smallest absolute Gasteiger partial charge is 0.295 e. The summed E-state index contributed by atoms with van der Waals surface area (Å²) in [6.45, 7) is 0.126. The Balaban J connectivity index is 1.58. The number of non-ortho nitro benzene ring substituents is 1. The summed E-state index contributed by atoms with van der Waals surface area (Å²) in [5, 5.41) is 23.7. The minimum atomic E-state index is -1.02. The Morgan fingerprint density at radius 1 is 1.03 bits per heavy atom. The number of fused-ring (bicyclic) bond motifs is 1. The number of H-pyrrole nitrogens is 1. The van der Waals surface area contributed by atoms with Crippen molar-refractivity contribution in [3.63, 3.8) is 0 Å². The SMILES string of the molecule is COc1ccc(/C(O)=C2/C(=O)C(=O)N(CCc3c[nH]c4ccc(OC)cc34)C2c2cccc([N+](=O)[O-])c2)cc1. The number of nitrogens with zero attached hydrogens (tertiary/aromatic N) is 2. The fourth-order valence-corrected chi connectivity index (χ4v) is 4.90. The summed E-state index contributed by atoms with van der Waals surface area (Å²) in [6.07, 6.45) is 2.22. The molecule has 5 rings (SSSR count). The number of aliphatic hydroxyl groups excluding tert-OH is 1. The standard InChI is InChI=1S/C29H25N3O7/c1-38-21-8-6-17(7-9-21)27(33)25-26(18-4-3-5-20(14-18)32(36)37)31(29(35)28(25)34)13-12-19-16-30-24-11-10-22(39-2)15-23(19)24/h3-11,14-16,26,30,33H,12-13H2,1-2H3/b27-25-. The highest BCUT2D eigenvalue weighted by Crippen LogP contribution is 2.40. The lowest BCUT2D eigenvalue weighted by Crippen LogP contribution is -2.31. The second kappa shape index (κ2) is 10.3. The molecule has 1 aliphatic rings. The molecule has 39 heavy (non-hydrogen) atoms. The zero-order chi connectivity index (χ0) is 27.7. The Labute approximate surface area is 223 Å². The third-order valence-corrected chi connectivity index (χ3v) is 6.90. The predicted octanol–water partition coefficient (Wildman–Crippen LogP) is 4.76. The number of rotatable bonds is 8. The van der Waals surface area contributed by atoms with E-state index in [0.29, 0.717) is 29.0 Å². The minimum absolute atomic E-state index is 0.126. The molecule has 2 heterocycles. The number of likely N-dealkylation sites (tertiary alicyclic amines) is 1. The van der Waals surface area contributed by atoms with Crippen molar-refractivity contribution in [3.05, 3.63) is 105 Å². The van der Waals surface area contributed by atoms with E-state index in [0.717, 1.165) is 16.5 Å². The monoisotopic (exact) mass is 527 g/mol. The minimum Gasteiger partial charge on any atom is -0.507 e. The summed E-state index contributed by atoms with van der Waals surface area (Å²) in [5.74, 6) is -0.788. The van der Waals surface area contributed by atoms with Crippen LogP contribution in [0.4, 0.5) is 5.69 Å². The fourth-order valence-electron chi connectivity index (χ4n) is 4.90. The first-order chi connectivity index (χ1) is 18.8. The van der Waals surface area contributed by atoms with Crippen LogP contribution in [0.5, 0.6) is 11.5 Å². The number of carbonyl (C=O) groups is 2. The number of methoxy groups -OCH3 is 2. The van der Waals surface area contributed by atoms with Gasteiger partial charge in [-0.25, -0.2) is 0 Å². The van der Waals surface area contributed by atoms with Gasteiger partial charge in [0.05, 0.1) is 30.8 Å². The molecule has 1 amide bonds. The van der Waals surface area contributed by atoms with Gasteiger partial charge >= 0.3 is 0 Å². The molecule has 10 heteroatoms. The number of nitrogens with one attached hydrogen (secondary N) is 1. The number of amides is 1. The highest BCUT2D eigenvalue weighted by atomic mass is 16.6. The number of hydrogen-bond acceptors (Lipinski definition) is 7. The van der Waals surface area contributed by atoms with Gasteiger partial charge in [-0.2, -0.15) is 0 Å². The van der Waals surface area contributed by atoms with Gasteiger partial charge in [0.25, 0.3) is 17.4 Å². The number of aliphatic hydroxyl groups is 1. The molecule has 198 valence electrons. The van der Waals surface area contributed by atoms with Crippen LogP contribution in [0.2, 0.25) is 0 Å². The van der Waals surface area contributed by atoms with E-state index in [2.05, 4.69) is 4.98 Å². The average Bonchev–Trinajstić information content (AvgIpc) is 3.48. The zero-order valence-corrected chi connectivity index (χ0v) is 21.2. The molecule has 0 spiro atoms. The van der Waals surface area contributed by atoms with Crippen molar-refractivity contribution in [2.45, 2.75) is 12.5 Å². The van der Waals surface area contributed by atoms with Crippen LogP contribution in [0.1, 0.15) is 22.7 Å². The predicted molar refractivity (Wildman–Crippen MR) is 144 cm³/mol. The number of carbonyl (C=O) groups excluding carboxylic acids is 2. The van der Waals surface area contributed by atoms with E-state index in [1.54, 1.807) is 37.4 Å². The number of ether oxygens (including phenoxy) is 2. The number of nitro groups is 1. The summed E-state index contributed by atoms with van der Waals surface area (Å²) in [4.78, 5) is 42.2. The molecule has 0 radical (unpaired) electrons. The summed E-state index contributed by atoms with van der Waals surface area (Å²) in [6, 6.07) is 16.7. The maximum absolute atomic E-state index is 13.3. The van der Waals surface area contributed by atoms with Crippen LogP contribution in [-0.2, 0) is 16.0 Å².